The Balaban J connectivity index is 2.47. The number of ketones is 1. The number of hydrogen-bond donors (Lipinski definition) is 1. The van der Waals surface area contributed by atoms with E-state index < -0.39 is 0 Å². The highest BCUT2D eigenvalue weighted by Gasteiger charge is 2.13. The second-order valence-electron chi connectivity index (χ2n) is 4.06. The molecule has 0 aliphatic heterocycles. The van der Waals surface area contributed by atoms with Gasteiger partial charge in [-0.1, -0.05) is 23.2 Å². The number of hydrogen-bond acceptors (Lipinski definition) is 2. The van der Waals surface area contributed by atoms with Crippen LogP contribution in [-0.2, 0) is 0 Å². The third-order valence-corrected chi connectivity index (χ3v) is 3.06. The van der Waals surface area contributed by atoms with Crippen LogP contribution in [-0.4, -0.2) is 5.78 Å². The lowest BCUT2D eigenvalue weighted by Gasteiger charge is -2.07. The van der Waals surface area contributed by atoms with Crippen LogP contribution >= 0.6 is 23.2 Å². The topological polar surface area (TPSA) is 43.1 Å². The summed E-state index contributed by atoms with van der Waals surface area (Å²) in [6, 6.07) is 9.97. The van der Waals surface area contributed by atoms with E-state index in [1.54, 1.807) is 36.4 Å². The first-order valence-corrected chi connectivity index (χ1v) is 6.10. The quantitative estimate of drug-likeness (QED) is 0.664. The van der Waals surface area contributed by atoms with E-state index in [1.165, 1.54) is 0 Å². The van der Waals surface area contributed by atoms with Gasteiger partial charge < -0.3 is 5.73 Å². The van der Waals surface area contributed by atoms with Gasteiger partial charge in [0.2, 0.25) is 0 Å². The molecule has 0 aliphatic carbocycles. The van der Waals surface area contributed by atoms with Gasteiger partial charge in [-0.25, -0.2) is 0 Å². The number of anilines is 1. The zero-order valence-corrected chi connectivity index (χ0v) is 11.2. The van der Waals surface area contributed by atoms with Crippen molar-refractivity contribution in [2.75, 3.05) is 5.73 Å². The second kappa shape index (κ2) is 5.01. The average Bonchev–Trinajstić information content (AvgIpc) is 2.26. The molecular formula is C14H11Cl2NO. The van der Waals surface area contributed by atoms with Gasteiger partial charge >= 0.3 is 0 Å². The largest absolute Gasteiger partial charge is 0.399 e. The van der Waals surface area contributed by atoms with Crippen molar-refractivity contribution in [3.8, 4) is 0 Å². The maximum Gasteiger partial charge on any atom is 0.193 e. The number of halogens is 2. The molecule has 2 rings (SSSR count). The van der Waals surface area contributed by atoms with Crippen molar-refractivity contribution in [3.05, 3.63) is 63.1 Å². The summed E-state index contributed by atoms with van der Waals surface area (Å²) >= 11 is 11.8. The summed E-state index contributed by atoms with van der Waals surface area (Å²) in [7, 11) is 0. The van der Waals surface area contributed by atoms with Crippen molar-refractivity contribution in [2.24, 2.45) is 0 Å². The lowest BCUT2D eigenvalue weighted by Crippen LogP contribution is -2.04. The fourth-order valence-corrected chi connectivity index (χ4v) is 2.31. The summed E-state index contributed by atoms with van der Waals surface area (Å²) in [5, 5.41) is 0.887. The van der Waals surface area contributed by atoms with Gasteiger partial charge in [0.05, 0.1) is 0 Å². The Morgan fingerprint density at radius 1 is 1.06 bits per heavy atom. The minimum Gasteiger partial charge on any atom is -0.399 e. The zero-order chi connectivity index (χ0) is 13.3. The monoisotopic (exact) mass is 279 g/mol. The Kier molecular flexibility index (Phi) is 3.60. The predicted molar refractivity (Wildman–Crippen MR) is 75.5 cm³/mol. The molecule has 4 heteroatoms. The third-order valence-electron chi connectivity index (χ3n) is 2.62. The average molecular weight is 280 g/mol. The van der Waals surface area contributed by atoms with Crippen LogP contribution in [0.5, 0.6) is 0 Å². The number of nitrogens with two attached hydrogens (primary N) is 1. The summed E-state index contributed by atoms with van der Waals surface area (Å²) in [5.74, 6) is -0.114. The van der Waals surface area contributed by atoms with E-state index in [0.29, 0.717) is 26.9 Å². The molecule has 2 N–H and O–H groups in total. The molecule has 0 atom stereocenters. The molecule has 0 radical (unpaired) electrons. The standard InChI is InChI=1S/C14H11Cl2NO/c1-8-4-12(17)2-3-13(8)14(18)9-5-10(15)7-11(16)6-9/h2-7H,17H2,1H3. The van der Waals surface area contributed by atoms with Crippen molar-refractivity contribution in [3.63, 3.8) is 0 Å². The highest BCUT2D eigenvalue weighted by molar-refractivity contribution is 6.35. The number of benzene rings is 2. The van der Waals surface area contributed by atoms with Gasteiger partial charge in [0.1, 0.15) is 0 Å². The van der Waals surface area contributed by atoms with Crippen LogP contribution in [0.15, 0.2) is 36.4 Å². The first kappa shape index (κ1) is 12.9. The van der Waals surface area contributed by atoms with Crippen LogP contribution in [0.25, 0.3) is 0 Å². The van der Waals surface area contributed by atoms with Crippen molar-refractivity contribution in [1.29, 1.82) is 0 Å². The van der Waals surface area contributed by atoms with Gasteiger partial charge in [-0.15, -0.1) is 0 Å². The molecule has 0 aliphatic rings. The highest BCUT2D eigenvalue weighted by atomic mass is 35.5. The van der Waals surface area contributed by atoms with Crippen molar-refractivity contribution in [1.82, 2.24) is 0 Å². The molecule has 0 bridgehead atoms. The molecule has 0 aromatic heterocycles. The lowest BCUT2D eigenvalue weighted by molar-refractivity contribution is 0.103. The summed E-state index contributed by atoms with van der Waals surface area (Å²) in [5.41, 5.74) is 8.20. The molecule has 0 amide bonds. The molecule has 2 aromatic rings. The smallest absolute Gasteiger partial charge is 0.193 e. The predicted octanol–water partition coefficient (Wildman–Crippen LogP) is 4.12. The fraction of sp³-hybridized carbons (Fsp3) is 0.0714. The number of rotatable bonds is 2. The Morgan fingerprint density at radius 2 is 1.67 bits per heavy atom. The Morgan fingerprint density at radius 3 is 2.22 bits per heavy atom. The minimum atomic E-state index is -0.114. The first-order chi connectivity index (χ1) is 8.47. The molecule has 2 aromatic carbocycles. The van der Waals surface area contributed by atoms with Gasteiger partial charge in [-0.2, -0.15) is 0 Å². The van der Waals surface area contributed by atoms with Crippen LogP contribution in [0.1, 0.15) is 21.5 Å². The molecular weight excluding hydrogens is 269 g/mol. The zero-order valence-electron chi connectivity index (χ0n) is 9.71. The molecule has 0 saturated carbocycles. The number of carbonyl (C=O) groups is 1. The maximum atomic E-state index is 12.3. The van der Waals surface area contributed by atoms with Crippen molar-refractivity contribution >= 4 is 34.7 Å². The third kappa shape index (κ3) is 2.66. The highest BCUT2D eigenvalue weighted by Crippen LogP contribution is 2.23. The van der Waals surface area contributed by atoms with Crippen molar-refractivity contribution < 1.29 is 4.79 Å². The van der Waals surface area contributed by atoms with Crippen LogP contribution < -0.4 is 5.73 Å². The first-order valence-electron chi connectivity index (χ1n) is 5.34. The Bertz CT molecular complexity index is 603. The van der Waals surface area contributed by atoms with Gasteiger partial charge in [-0.05, 0) is 48.9 Å². The van der Waals surface area contributed by atoms with E-state index in [4.69, 9.17) is 28.9 Å². The van der Waals surface area contributed by atoms with Gasteiger partial charge in [-0.3, -0.25) is 4.79 Å². The van der Waals surface area contributed by atoms with Gasteiger partial charge in [0.15, 0.2) is 5.78 Å². The lowest BCUT2D eigenvalue weighted by atomic mass is 9.99. The molecule has 0 heterocycles. The van der Waals surface area contributed by atoms with Crippen LogP contribution in [0.3, 0.4) is 0 Å². The summed E-state index contributed by atoms with van der Waals surface area (Å²) in [6.45, 7) is 1.84. The summed E-state index contributed by atoms with van der Waals surface area (Å²) in [4.78, 5) is 12.3. The van der Waals surface area contributed by atoms with Gasteiger partial charge in [0.25, 0.3) is 0 Å². The van der Waals surface area contributed by atoms with Crippen molar-refractivity contribution in [2.45, 2.75) is 6.92 Å². The normalized spacial score (nSPS) is 10.4. The number of nitrogen functional groups attached to an aromatic ring is 1. The molecule has 18 heavy (non-hydrogen) atoms. The molecule has 0 spiro atoms. The molecule has 2 nitrogen and oxygen atoms in total. The van der Waals surface area contributed by atoms with Crippen LogP contribution in [0.4, 0.5) is 5.69 Å². The minimum absolute atomic E-state index is 0.114. The van der Waals surface area contributed by atoms with E-state index in [0.717, 1.165) is 5.56 Å². The molecule has 0 saturated heterocycles. The van der Waals surface area contributed by atoms with E-state index in [9.17, 15) is 4.79 Å². The summed E-state index contributed by atoms with van der Waals surface area (Å²) < 4.78 is 0. The maximum absolute atomic E-state index is 12.3. The fourth-order valence-electron chi connectivity index (χ4n) is 1.78. The molecule has 0 fully saturated rings. The second-order valence-corrected chi connectivity index (χ2v) is 4.93. The van der Waals surface area contributed by atoms with Gasteiger partial charge in [0, 0.05) is 26.9 Å². The SMILES string of the molecule is Cc1cc(N)ccc1C(=O)c1cc(Cl)cc(Cl)c1. The Labute approximate surface area is 115 Å². The summed E-state index contributed by atoms with van der Waals surface area (Å²) in [6.07, 6.45) is 0. The van der Waals surface area contributed by atoms with E-state index in [-0.39, 0.29) is 5.78 Å². The number of carbonyl (C=O) groups excluding carboxylic acids is 1. The van der Waals surface area contributed by atoms with E-state index in [1.807, 2.05) is 6.92 Å². The van der Waals surface area contributed by atoms with E-state index in [2.05, 4.69) is 0 Å². The molecule has 0 unspecified atom stereocenters. The number of aryl methyl sites for hydroxylation is 1. The van der Waals surface area contributed by atoms with E-state index >= 15 is 0 Å². The Hall–Kier alpha value is -1.51. The van der Waals surface area contributed by atoms with Crippen LogP contribution in [0, 0.1) is 6.92 Å². The molecule has 92 valence electrons. The van der Waals surface area contributed by atoms with Crippen LogP contribution in [0.2, 0.25) is 10.0 Å².